The predicted molar refractivity (Wildman–Crippen MR) is 81.1 cm³/mol. The van der Waals surface area contributed by atoms with Gasteiger partial charge in [0.25, 0.3) is 5.85 Å². The van der Waals surface area contributed by atoms with E-state index in [0.29, 0.717) is 0 Å². The fourth-order valence-electron chi connectivity index (χ4n) is 1.39. The van der Waals surface area contributed by atoms with Crippen molar-refractivity contribution in [2.24, 2.45) is 0 Å². The molecule has 2 heterocycles. The van der Waals surface area contributed by atoms with Gasteiger partial charge in [-0.25, -0.2) is 14.1 Å². The van der Waals surface area contributed by atoms with E-state index in [1.54, 1.807) is 12.1 Å². The zero-order valence-corrected chi connectivity index (χ0v) is 12.9. The molecule has 0 radical (unpaired) electrons. The van der Waals surface area contributed by atoms with E-state index in [2.05, 4.69) is 14.8 Å². The lowest BCUT2D eigenvalue weighted by Gasteiger charge is -2.20. The molecule has 1 aromatic carbocycles. The molecule has 1 N–H and O–H groups in total. The standard InChI is InChI=1S/C10H9ClFN3O.C3H6.C2H4O/c11-9-4-2-1-3-8(9)10(12,16)5-15-7-13-6-14-15;2*1-2-3-1/h1-4,6-7,16H,5H2;1-3H2;1-2H2. The molecule has 4 rings (SSSR count). The van der Waals surface area contributed by atoms with Crippen molar-refractivity contribution < 1.29 is 14.2 Å². The number of alkyl halides is 1. The third-order valence-electron chi connectivity index (χ3n) is 2.68. The second-order valence-corrected chi connectivity index (χ2v) is 5.41. The van der Waals surface area contributed by atoms with Crippen LogP contribution in [0.1, 0.15) is 24.8 Å². The first-order valence-electron chi connectivity index (χ1n) is 7.16. The van der Waals surface area contributed by atoms with Gasteiger partial charge in [-0.2, -0.15) is 5.10 Å². The number of benzene rings is 1. The number of aliphatic hydroxyl groups is 1. The van der Waals surface area contributed by atoms with Gasteiger partial charge in [-0.15, -0.1) is 0 Å². The second-order valence-electron chi connectivity index (χ2n) is 5.01. The van der Waals surface area contributed by atoms with Crippen molar-refractivity contribution in [1.82, 2.24) is 14.8 Å². The number of ether oxygens (including phenoxy) is 1. The lowest BCUT2D eigenvalue weighted by molar-refractivity contribution is -0.111. The molecule has 2 aromatic rings. The summed E-state index contributed by atoms with van der Waals surface area (Å²) in [6.45, 7) is 1.65. The molecule has 2 aliphatic rings. The Kier molecular flexibility index (Phi) is 6.30. The second kappa shape index (κ2) is 8.22. The van der Waals surface area contributed by atoms with E-state index in [9.17, 15) is 9.50 Å². The fraction of sp³-hybridized carbons (Fsp3) is 0.467. The molecule has 1 aliphatic heterocycles. The van der Waals surface area contributed by atoms with Crippen LogP contribution in [0.3, 0.4) is 0 Å². The minimum atomic E-state index is -2.56. The minimum Gasteiger partial charge on any atom is -0.377 e. The van der Waals surface area contributed by atoms with Crippen LogP contribution in [0.4, 0.5) is 4.39 Å². The first-order valence-corrected chi connectivity index (χ1v) is 7.54. The Bertz CT molecular complexity index is 548. The summed E-state index contributed by atoms with van der Waals surface area (Å²) in [6.07, 6.45) is 7.09. The van der Waals surface area contributed by atoms with Crippen LogP contribution in [0.15, 0.2) is 36.9 Å². The van der Waals surface area contributed by atoms with E-state index in [-0.39, 0.29) is 17.1 Å². The highest BCUT2D eigenvalue weighted by Crippen LogP contribution is 2.30. The van der Waals surface area contributed by atoms with E-state index in [1.165, 1.54) is 48.7 Å². The highest BCUT2D eigenvalue weighted by molar-refractivity contribution is 6.31. The number of hydrogen-bond donors (Lipinski definition) is 1. The van der Waals surface area contributed by atoms with Gasteiger partial charge in [0.05, 0.1) is 13.2 Å². The van der Waals surface area contributed by atoms with E-state index in [4.69, 9.17) is 11.6 Å². The van der Waals surface area contributed by atoms with Crippen molar-refractivity contribution in [2.45, 2.75) is 31.7 Å². The molecular weight excluding hydrogens is 309 g/mol. The number of nitrogens with zero attached hydrogens (tertiary/aromatic N) is 3. The van der Waals surface area contributed by atoms with Crippen molar-refractivity contribution in [3.05, 3.63) is 47.5 Å². The van der Waals surface area contributed by atoms with Gasteiger partial charge < -0.3 is 9.84 Å². The number of hydrogen-bond acceptors (Lipinski definition) is 4. The highest BCUT2D eigenvalue weighted by Gasteiger charge is 2.31. The zero-order chi connectivity index (χ0) is 15.8. The van der Waals surface area contributed by atoms with Crippen molar-refractivity contribution in [3.63, 3.8) is 0 Å². The molecule has 0 amide bonds. The third-order valence-corrected chi connectivity index (χ3v) is 3.01. The van der Waals surface area contributed by atoms with Gasteiger partial charge in [0.2, 0.25) is 0 Å². The van der Waals surface area contributed by atoms with Crippen LogP contribution < -0.4 is 0 Å². The van der Waals surface area contributed by atoms with E-state index in [1.807, 2.05) is 0 Å². The molecule has 2 fully saturated rings. The minimum absolute atomic E-state index is 0.0205. The molecule has 1 saturated heterocycles. The Morgan fingerprint density at radius 1 is 1.27 bits per heavy atom. The molecule has 0 spiro atoms. The summed E-state index contributed by atoms with van der Waals surface area (Å²) in [4.78, 5) is 3.66. The Morgan fingerprint density at radius 2 is 1.91 bits per heavy atom. The molecule has 1 saturated carbocycles. The summed E-state index contributed by atoms with van der Waals surface area (Å²) in [6, 6.07) is 6.21. The molecule has 120 valence electrons. The van der Waals surface area contributed by atoms with Crippen molar-refractivity contribution in [1.29, 1.82) is 0 Å². The molecule has 0 bridgehead atoms. The zero-order valence-electron chi connectivity index (χ0n) is 12.2. The molecule has 1 unspecified atom stereocenters. The molecule has 1 atom stereocenters. The molecule has 1 aliphatic carbocycles. The van der Waals surface area contributed by atoms with Gasteiger partial charge in [-0.3, -0.25) is 0 Å². The van der Waals surface area contributed by atoms with Gasteiger partial charge in [0.1, 0.15) is 19.2 Å². The maximum atomic E-state index is 14.0. The topological polar surface area (TPSA) is 63.5 Å². The first kappa shape index (κ1) is 16.9. The van der Waals surface area contributed by atoms with Gasteiger partial charge in [0.15, 0.2) is 0 Å². The molecular formula is C15H19ClFN3O2. The fourth-order valence-corrected chi connectivity index (χ4v) is 1.67. The summed E-state index contributed by atoms with van der Waals surface area (Å²) in [7, 11) is 0. The van der Waals surface area contributed by atoms with Crippen molar-refractivity contribution in [2.75, 3.05) is 13.2 Å². The highest BCUT2D eigenvalue weighted by atomic mass is 35.5. The van der Waals surface area contributed by atoms with Crippen LogP contribution in [0.25, 0.3) is 0 Å². The average molecular weight is 328 g/mol. The van der Waals surface area contributed by atoms with Crippen LogP contribution in [0.2, 0.25) is 5.02 Å². The van der Waals surface area contributed by atoms with Gasteiger partial charge in [-0.1, -0.05) is 49.1 Å². The Morgan fingerprint density at radius 3 is 2.36 bits per heavy atom. The van der Waals surface area contributed by atoms with E-state index in [0.717, 1.165) is 13.2 Å². The van der Waals surface area contributed by atoms with Crippen LogP contribution in [0, 0.1) is 0 Å². The van der Waals surface area contributed by atoms with Crippen LogP contribution in [-0.4, -0.2) is 33.1 Å². The summed E-state index contributed by atoms with van der Waals surface area (Å²) < 4.78 is 19.7. The maximum Gasteiger partial charge on any atom is 0.254 e. The monoisotopic (exact) mass is 327 g/mol. The molecule has 5 nitrogen and oxygen atoms in total. The smallest absolute Gasteiger partial charge is 0.254 e. The van der Waals surface area contributed by atoms with Crippen molar-refractivity contribution in [3.8, 4) is 0 Å². The quantitative estimate of drug-likeness (QED) is 0.880. The normalized spacial score (nSPS) is 17.2. The Hall–Kier alpha value is -1.50. The lowest BCUT2D eigenvalue weighted by atomic mass is 10.1. The number of rotatable bonds is 3. The van der Waals surface area contributed by atoms with E-state index < -0.39 is 5.85 Å². The first-order chi connectivity index (χ1) is 10.6. The largest absolute Gasteiger partial charge is 0.377 e. The summed E-state index contributed by atoms with van der Waals surface area (Å²) >= 11 is 5.80. The predicted octanol–water partition coefficient (Wildman–Crippen LogP) is 2.93. The van der Waals surface area contributed by atoms with E-state index >= 15 is 0 Å². The summed E-state index contributed by atoms with van der Waals surface area (Å²) in [5.74, 6) is -2.56. The molecule has 1 aromatic heterocycles. The molecule has 7 heteroatoms. The van der Waals surface area contributed by atoms with Gasteiger partial charge >= 0.3 is 0 Å². The molecule has 22 heavy (non-hydrogen) atoms. The number of halogens is 2. The van der Waals surface area contributed by atoms with Gasteiger partial charge in [-0.05, 0) is 6.07 Å². The summed E-state index contributed by atoms with van der Waals surface area (Å²) in [5, 5.41) is 13.6. The lowest BCUT2D eigenvalue weighted by Crippen LogP contribution is -2.26. The number of aromatic nitrogens is 3. The average Bonchev–Trinajstić information content (AvgIpc) is 3.38. The van der Waals surface area contributed by atoms with Gasteiger partial charge in [0, 0.05) is 10.6 Å². The van der Waals surface area contributed by atoms with Crippen LogP contribution in [-0.2, 0) is 17.1 Å². The van der Waals surface area contributed by atoms with Crippen LogP contribution in [0.5, 0.6) is 0 Å². The Labute approximate surface area is 133 Å². The third kappa shape index (κ3) is 6.51. The Balaban J connectivity index is 0.000000241. The van der Waals surface area contributed by atoms with Crippen LogP contribution >= 0.6 is 11.6 Å². The van der Waals surface area contributed by atoms with Crippen molar-refractivity contribution >= 4 is 11.6 Å². The summed E-state index contributed by atoms with van der Waals surface area (Å²) in [5.41, 5.74) is 0.0205. The number of epoxide rings is 1. The maximum absolute atomic E-state index is 14.0. The SMILES string of the molecule is C1CC1.C1CO1.OC(F)(Cn1cncn1)c1ccccc1Cl.